The van der Waals surface area contributed by atoms with Crippen molar-refractivity contribution in [2.45, 2.75) is 11.8 Å². The molecule has 0 spiro atoms. The van der Waals surface area contributed by atoms with Gasteiger partial charge in [0.05, 0.1) is 17.6 Å². The van der Waals surface area contributed by atoms with E-state index in [4.69, 9.17) is 4.74 Å². The van der Waals surface area contributed by atoms with E-state index in [1.54, 1.807) is 11.8 Å². The number of nitrogens with zero attached hydrogens (tertiary/aromatic N) is 1. The van der Waals surface area contributed by atoms with Crippen LogP contribution in [0.1, 0.15) is 15.9 Å². The van der Waals surface area contributed by atoms with Gasteiger partial charge in [0.25, 0.3) is 5.91 Å². The number of thioether (sulfide) groups is 1. The SMILES string of the molecule is COC(=O)c1ccc(OCC(=O)NCCSc2ccc(C)cc2)c([N+](=O)[O-])c1. The summed E-state index contributed by atoms with van der Waals surface area (Å²) in [4.78, 5) is 35.0. The van der Waals surface area contributed by atoms with E-state index in [1.807, 2.05) is 31.2 Å². The summed E-state index contributed by atoms with van der Waals surface area (Å²) in [6, 6.07) is 11.7. The first-order valence-corrected chi connectivity index (χ1v) is 9.35. The first-order valence-electron chi connectivity index (χ1n) is 8.36. The maximum Gasteiger partial charge on any atom is 0.338 e. The average molecular weight is 404 g/mol. The van der Waals surface area contributed by atoms with E-state index in [9.17, 15) is 19.7 Å². The quantitative estimate of drug-likeness (QED) is 0.225. The van der Waals surface area contributed by atoms with E-state index in [0.29, 0.717) is 12.3 Å². The van der Waals surface area contributed by atoms with Gasteiger partial charge >= 0.3 is 11.7 Å². The Kier molecular flexibility index (Phi) is 7.82. The van der Waals surface area contributed by atoms with Crippen LogP contribution in [0, 0.1) is 17.0 Å². The second kappa shape index (κ2) is 10.3. The van der Waals surface area contributed by atoms with Crippen LogP contribution in [0.3, 0.4) is 0 Å². The molecule has 9 heteroatoms. The summed E-state index contributed by atoms with van der Waals surface area (Å²) in [5.74, 6) is -0.501. The van der Waals surface area contributed by atoms with Crippen molar-refractivity contribution in [3.63, 3.8) is 0 Å². The molecule has 0 radical (unpaired) electrons. The number of esters is 1. The van der Waals surface area contributed by atoms with Gasteiger partial charge in [-0.05, 0) is 31.2 Å². The molecule has 0 aliphatic rings. The standard InChI is InChI=1S/C19H20N2O6S/c1-13-3-6-15(7-4-13)28-10-9-20-18(22)12-27-17-8-5-14(19(23)26-2)11-16(17)21(24)25/h3-8,11H,9-10,12H2,1-2H3,(H,20,22). The number of rotatable bonds is 9. The molecule has 0 fully saturated rings. The van der Waals surface area contributed by atoms with Crippen molar-refractivity contribution in [3.8, 4) is 5.75 Å². The number of benzene rings is 2. The van der Waals surface area contributed by atoms with E-state index in [-0.39, 0.29) is 17.9 Å². The topological polar surface area (TPSA) is 108 Å². The van der Waals surface area contributed by atoms with Crippen molar-refractivity contribution in [3.05, 3.63) is 63.7 Å². The van der Waals surface area contributed by atoms with Crippen molar-refractivity contribution in [1.82, 2.24) is 5.32 Å². The largest absolute Gasteiger partial charge is 0.477 e. The highest BCUT2D eigenvalue weighted by Crippen LogP contribution is 2.28. The van der Waals surface area contributed by atoms with Crippen molar-refractivity contribution in [2.24, 2.45) is 0 Å². The Labute approximate surface area is 166 Å². The summed E-state index contributed by atoms with van der Waals surface area (Å²) in [6.07, 6.45) is 0. The minimum Gasteiger partial charge on any atom is -0.477 e. The summed E-state index contributed by atoms with van der Waals surface area (Å²) in [7, 11) is 1.18. The maximum atomic E-state index is 11.9. The van der Waals surface area contributed by atoms with Crippen LogP contribution in [0.4, 0.5) is 5.69 Å². The second-order valence-corrected chi connectivity index (χ2v) is 6.90. The number of methoxy groups -OCH3 is 1. The molecule has 2 aromatic rings. The number of nitro benzene ring substituents is 1. The lowest BCUT2D eigenvalue weighted by Crippen LogP contribution is -2.30. The molecule has 148 valence electrons. The Morgan fingerprint density at radius 3 is 2.54 bits per heavy atom. The van der Waals surface area contributed by atoms with Gasteiger partial charge in [0, 0.05) is 23.3 Å². The van der Waals surface area contributed by atoms with E-state index >= 15 is 0 Å². The lowest BCUT2D eigenvalue weighted by molar-refractivity contribution is -0.385. The first-order chi connectivity index (χ1) is 13.4. The summed E-state index contributed by atoms with van der Waals surface area (Å²) in [6.45, 7) is 2.08. The predicted octanol–water partition coefficient (Wildman–Crippen LogP) is 2.98. The number of amides is 1. The highest BCUT2D eigenvalue weighted by molar-refractivity contribution is 7.99. The van der Waals surface area contributed by atoms with Gasteiger partial charge in [-0.3, -0.25) is 14.9 Å². The number of ether oxygens (including phenoxy) is 2. The second-order valence-electron chi connectivity index (χ2n) is 5.73. The van der Waals surface area contributed by atoms with Crippen molar-refractivity contribution < 1.29 is 24.0 Å². The molecule has 0 aromatic heterocycles. The van der Waals surface area contributed by atoms with Crippen molar-refractivity contribution in [2.75, 3.05) is 26.0 Å². The molecule has 0 aliphatic carbocycles. The van der Waals surface area contributed by atoms with Gasteiger partial charge in [0.1, 0.15) is 0 Å². The minimum absolute atomic E-state index is 0.0270. The molecule has 0 bridgehead atoms. The normalized spacial score (nSPS) is 10.2. The van der Waals surface area contributed by atoms with Crippen LogP contribution in [0.15, 0.2) is 47.4 Å². The van der Waals surface area contributed by atoms with Crippen molar-refractivity contribution in [1.29, 1.82) is 0 Å². The third-order valence-electron chi connectivity index (χ3n) is 3.65. The van der Waals surface area contributed by atoms with Gasteiger partial charge in [-0.15, -0.1) is 11.8 Å². The Hall–Kier alpha value is -3.07. The maximum absolute atomic E-state index is 11.9. The van der Waals surface area contributed by atoms with Crippen LogP contribution in [0.25, 0.3) is 0 Å². The monoisotopic (exact) mass is 404 g/mol. The number of hydrogen-bond acceptors (Lipinski definition) is 7. The van der Waals surface area contributed by atoms with Gasteiger partial charge in [-0.1, -0.05) is 17.7 Å². The first kappa shape index (κ1) is 21.2. The molecule has 1 amide bonds. The summed E-state index contributed by atoms with van der Waals surface area (Å²) in [5.41, 5.74) is 0.799. The lowest BCUT2D eigenvalue weighted by Gasteiger charge is -2.09. The number of nitrogens with one attached hydrogen (secondary N) is 1. The Balaban J connectivity index is 1.82. The predicted molar refractivity (Wildman–Crippen MR) is 105 cm³/mol. The highest BCUT2D eigenvalue weighted by Gasteiger charge is 2.19. The number of hydrogen-bond donors (Lipinski definition) is 1. The molecule has 0 saturated heterocycles. The zero-order valence-corrected chi connectivity index (χ0v) is 16.3. The minimum atomic E-state index is -0.696. The van der Waals surface area contributed by atoms with Crippen LogP contribution in [0.5, 0.6) is 5.75 Å². The summed E-state index contributed by atoms with van der Waals surface area (Å²) >= 11 is 1.61. The zero-order valence-electron chi connectivity index (χ0n) is 15.5. The zero-order chi connectivity index (χ0) is 20.5. The number of nitro groups is 1. The molecule has 28 heavy (non-hydrogen) atoms. The van der Waals surface area contributed by atoms with Crippen molar-refractivity contribution >= 4 is 29.3 Å². The molecule has 0 atom stereocenters. The van der Waals surface area contributed by atoms with Crippen LogP contribution < -0.4 is 10.1 Å². The molecule has 0 saturated carbocycles. The molecule has 0 unspecified atom stereocenters. The number of carbonyl (C=O) groups is 2. The van der Waals surface area contributed by atoms with Crippen LogP contribution >= 0.6 is 11.8 Å². The third kappa shape index (κ3) is 6.27. The van der Waals surface area contributed by atoms with E-state index in [2.05, 4.69) is 10.1 Å². The average Bonchev–Trinajstić information content (AvgIpc) is 2.70. The van der Waals surface area contributed by atoms with Gasteiger partial charge in [-0.25, -0.2) is 4.79 Å². The summed E-state index contributed by atoms with van der Waals surface area (Å²) in [5, 5.41) is 13.9. The Bertz CT molecular complexity index is 854. The van der Waals surface area contributed by atoms with E-state index in [1.165, 1.54) is 24.8 Å². The molecular formula is C19H20N2O6S. The number of carbonyl (C=O) groups excluding carboxylic acids is 2. The molecule has 1 N–H and O–H groups in total. The van der Waals surface area contributed by atoms with Crippen LogP contribution in [-0.4, -0.2) is 42.8 Å². The third-order valence-corrected chi connectivity index (χ3v) is 4.66. The molecule has 0 heterocycles. The van der Waals surface area contributed by atoms with Crippen LogP contribution in [-0.2, 0) is 9.53 Å². The fourth-order valence-corrected chi connectivity index (χ4v) is 2.98. The van der Waals surface area contributed by atoms with Gasteiger partial charge < -0.3 is 14.8 Å². The molecular weight excluding hydrogens is 384 g/mol. The Morgan fingerprint density at radius 2 is 1.89 bits per heavy atom. The smallest absolute Gasteiger partial charge is 0.338 e. The molecule has 8 nitrogen and oxygen atoms in total. The van der Waals surface area contributed by atoms with E-state index < -0.39 is 22.5 Å². The fourth-order valence-electron chi connectivity index (χ4n) is 2.22. The van der Waals surface area contributed by atoms with Crippen LogP contribution in [0.2, 0.25) is 0 Å². The highest BCUT2D eigenvalue weighted by atomic mass is 32.2. The molecule has 0 aliphatic heterocycles. The summed E-state index contributed by atoms with van der Waals surface area (Å²) < 4.78 is 9.78. The van der Waals surface area contributed by atoms with E-state index in [0.717, 1.165) is 11.0 Å². The van der Waals surface area contributed by atoms with Gasteiger partial charge in [-0.2, -0.15) is 0 Å². The number of aryl methyl sites for hydroxylation is 1. The van der Waals surface area contributed by atoms with Gasteiger partial charge in [0.2, 0.25) is 0 Å². The Morgan fingerprint density at radius 1 is 1.18 bits per heavy atom. The lowest BCUT2D eigenvalue weighted by atomic mass is 10.2. The molecule has 2 rings (SSSR count). The van der Waals surface area contributed by atoms with Gasteiger partial charge in [0.15, 0.2) is 12.4 Å². The fraction of sp³-hybridized carbons (Fsp3) is 0.263. The molecule has 2 aromatic carbocycles.